The highest BCUT2D eigenvalue weighted by molar-refractivity contribution is 5.41. The van der Waals surface area contributed by atoms with Crippen LogP contribution in [0.3, 0.4) is 0 Å². The van der Waals surface area contributed by atoms with Gasteiger partial charge in [-0.05, 0) is 37.8 Å². The maximum atomic E-state index is 10.4. The minimum absolute atomic E-state index is 0.286. The zero-order chi connectivity index (χ0) is 14.0. The van der Waals surface area contributed by atoms with Gasteiger partial charge in [-0.15, -0.1) is 0 Å². The topological polar surface area (TPSA) is 38.0 Å². The van der Waals surface area contributed by atoms with E-state index in [2.05, 4.69) is 25.9 Å². The van der Waals surface area contributed by atoms with Gasteiger partial charge in [-0.25, -0.2) is 4.68 Å². The predicted octanol–water partition coefficient (Wildman–Crippen LogP) is 3.65. The van der Waals surface area contributed by atoms with Gasteiger partial charge in [-0.2, -0.15) is 5.10 Å². The fourth-order valence-corrected chi connectivity index (χ4v) is 2.25. The van der Waals surface area contributed by atoms with Crippen LogP contribution in [0, 0.1) is 12.8 Å². The first-order chi connectivity index (χ1) is 9.02. The number of benzene rings is 1. The maximum absolute atomic E-state index is 10.4. The Hall–Kier alpha value is -1.77. The fourth-order valence-electron chi connectivity index (χ4n) is 2.25. The molecule has 0 amide bonds. The van der Waals surface area contributed by atoms with Crippen molar-refractivity contribution in [3.8, 4) is 11.6 Å². The molecular formula is C16H22N2O. The van der Waals surface area contributed by atoms with Crippen LogP contribution in [0.4, 0.5) is 0 Å². The highest BCUT2D eigenvalue weighted by Crippen LogP contribution is 2.27. The summed E-state index contributed by atoms with van der Waals surface area (Å²) in [5, 5.41) is 15.0. The lowest BCUT2D eigenvalue weighted by molar-refractivity contribution is 0.424. The highest BCUT2D eigenvalue weighted by atomic mass is 16.3. The van der Waals surface area contributed by atoms with Gasteiger partial charge < -0.3 is 5.11 Å². The van der Waals surface area contributed by atoms with Gasteiger partial charge in [0.2, 0.25) is 5.88 Å². The third kappa shape index (κ3) is 2.80. The van der Waals surface area contributed by atoms with Crippen LogP contribution >= 0.6 is 0 Å². The summed E-state index contributed by atoms with van der Waals surface area (Å²) >= 11 is 0. The molecule has 2 rings (SSSR count). The van der Waals surface area contributed by atoms with Crippen molar-refractivity contribution in [1.82, 2.24) is 9.78 Å². The summed E-state index contributed by atoms with van der Waals surface area (Å²) in [6, 6.07) is 8.04. The van der Waals surface area contributed by atoms with Crippen LogP contribution in [0.5, 0.6) is 5.88 Å². The number of aromatic nitrogens is 2. The Morgan fingerprint density at radius 2 is 1.84 bits per heavy atom. The third-order valence-electron chi connectivity index (χ3n) is 3.27. The summed E-state index contributed by atoms with van der Waals surface area (Å²) in [5.74, 6) is 0.793. The van der Waals surface area contributed by atoms with Crippen LogP contribution in [0.2, 0.25) is 0 Å². The molecule has 0 aliphatic carbocycles. The van der Waals surface area contributed by atoms with Crippen molar-refractivity contribution in [3.05, 3.63) is 41.1 Å². The molecular weight excluding hydrogens is 236 g/mol. The minimum atomic E-state index is 0.286. The summed E-state index contributed by atoms with van der Waals surface area (Å²) in [5.41, 5.74) is 4.09. The standard InChI is InChI=1S/C16H22N2O/c1-5-15-14(10-11(2)3)16(19)18(17-15)13-8-6-12(4)7-9-13/h6-9,11,19H,5,10H2,1-4H3. The molecule has 102 valence electrons. The zero-order valence-electron chi connectivity index (χ0n) is 12.1. The van der Waals surface area contributed by atoms with E-state index < -0.39 is 0 Å². The summed E-state index contributed by atoms with van der Waals surface area (Å²) < 4.78 is 1.65. The van der Waals surface area contributed by atoms with E-state index in [1.54, 1.807) is 4.68 Å². The first-order valence-corrected chi connectivity index (χ1v) is 6.89. The van der Waals surface area contributed by atoms with Gasteiger partial charge in [0.15, 0.2) is 0 Å². The Kier molecular flexibility index (Phi) is 3.93. The summed E-state index contributed by atoms with van der Waals surface area (Å²) in [6.45, 7) is 8.43. The van der Waals surface area contributed by atoms with Gasteiger partial charge in [-0.3, -0.25) is 0 Å². The van der Waals surface area contributed by atoms with E-state index in [9.17, 15) is 5.11 Å². The molecule has 0 aliphatic heterocycles. The molecule has 0 fully saturated rings. The second-order valence-corrected chi connectivity index (χ2v) is 5.45. The van der Waals surface area contributed by atoms with Crippen molar-refractivity contribution in [2.24, 2.45) is 5.92 Å². The van der Waals surface area contributed by atoms with E-state index in [1.807, 2.05) is 31.2 Å². The molecule has 0 radical (unpaired) electrons. The Morgan fingerprint density at radius 1 is 1.21 bits per heavy atom. The molecule has 0 atom stereocenters. The lowest BCUT2D eigenvalue weighted by atomic mass is 10.0. The van der Waals surface area contributed by atoms with Crippen molar-refractivity contribution >= 4 is 0 Å². The number of aryl methyl sites for hydroxylation is 2. The van der Waals surface area contributed by atoms with E-state index in [1.165, 1.54) is 5.56 Å². The van der Waals surface area contributed by atoms with Crippen molar-refractivity contribution in [2.75, 3.05) is 0 Å². The van der Waals surface area contributed by atoms with E-state index in [0.29, 0.717) is 5.92 Å². The van der Waals surface area contributed by atoms with Crippen molar-refractivity contribution in [1.29, 1.82) is 0 Å². The lowest BCUT2D eigenvalue weighted by Crippen LogP contribution is -1.97. The van der Waals surface area contributed by atoms with Crippen LogP contribution in [-0.4, -0.2) is 14.9 Å². The average Bonchev–Trinajstić information content (AvgIpc) is 2.67. The minimum Gasteiger partial charge on any atom is -0.493 e. The first kappa shape index (κ1) is 13.7. The van der Waals surface area contributed by atoms with Gasteiger partial charge >= 0.3 is 0 Å². The van der Waals surface area contributed by atoms with E-state index in [-0.39, 0.29) is 5.88 Å². The molecule has 3 nitrogen and oxygen atoms in total. The average molecular weight is 258 g/mol. The second kappa shape index (κ2) is 5.47. The molecule has 0 bridgehead atoms. The summed E-state index contributed by atoms with van der Waals surface area (Å²) in [7, 11) is 0. The molecule has 19 heavy (non-hydrogen) atoms. The van der Waals surface area contributed by atoms with E-state index in [0.717, 1.165) is 29.8 Å². The Bertz CT molecular complexity index is 553. The summed E-state index contributed by atoms with van der Waals surface area (Å²) in [4.78, 5) is 0. The number of nitrogens with zero attached hydrogens (tertiary/aromatic N) is 2. The molecule has 2 aromatic rings. The molecule has 1 aromatic heterocycles. The SMILES string of the molecule is CCc1nn(-c2ccc(C)cc2)c(O)c1CC(C)C. The number of rotatable bonds is 4. The van der Waals surface area contributed by atoms with Gasteiger partial charge in [-0.1, -0.05) is 38.5 Å². The lowest BCUT2D eigenvalue weighted by Gasteiger charge is -2.06. The molecule has 0 aliphatic rings. The smallest absolute Gasteiger partial charge is 0.217 e. The zero-order valence-corrected chi connectivity index (χ0v) is 12.1. The highest BCUT2D eigenvalue weighted by Gasteiger charge is 2.17. The fraction of sp³-hybridized carbons (Fsp3) is 0.438. The van der Waals surface area contributed by atoms with Crippen molar-refractivity contribution < 1.29 is 5.11 Å². The van der Waals surface area contributed by atoms with Crippen molar-refractivity contribution in [2.45, 2.75) is 40.5 Å². The van der Waals surface area contributed by atoms with Gasteiger partial charge in [0.05, 0.1) is 11.4 Å². The van der Waals surface area contributed by atoms with Gasteiger partial charge in [0, 0.05) is 5.56 Å². The molecule has 0 saturated carbocycles. The Labute approximate surface area is 114 Å². The quantitative estimate of drug-likeness (QED) is 0.909. The molecule has 0 unspecified atom stereocenters. The largest absolute Gasteiger partial charge is 0.493 e. The number of hydrogen-bond acceptors (Lipinski definition) is 2. The maximum Gasteiger partial charge on any atom is 0.217 e. The summed E-state index contributed by atoms with van der Waals surface area (Å²) in [6.07, 6.45) is 1.70. The van der Waals surface area contributed by atoms with Crippen molar-refractivity contribution in [3.63, 3.8) is 0 Å². The molecule has 1 N–H and O–H groups in total. The molecule has 3 heteroatoms. The van der Waals surface area contributed by atoms with Crippen LogP contribution in [-0.2, 0) is 12.8 Å². The molecule has 1 aromatic carbocycles. The third-order valence-corrected chi connectivity index (χ3v) is 3.27. The van der Waals surface area contributed by atoms with E-state index >= 15 is 0 Å². The first-order valence-electron chi connectivity index (χ1n) is 6.89. The van der Waals surface area contributed by atoms with Crippen LogP contribution < -0.4 is 0 Å². The number of hydrogen-bond donors (Lipinski definition) is 1. The predicted molar refractivity (Wildman–Crippen MR) is 77.9 cm³/mol. The Balaban J connectivity index is 2.47. The Morgan fingerprint density at radius 3 is 2.37 bits per heavy atom. The number of aromatic hydroxyl groups is 1. The van der Waals surface area contributed by atoms with Crippen LogP contribution in [0.1, 0.15) is 37.6 Å². The normalized spacial score (nSPS) is 11.2. The second-order valence-electron chi connectivity index (χ2n) is 5.45. The van der Waals surface area contributed by atoms with Gasteiger partial charge in [0.1, 0.15) is 0 Å². The van der Waals surface area contributed by atoms with Gasteiger partial charge in [0.25, 0.3) is 0 Å². The molecule has 0 saturated heterocycles. The molecule has 0 spiro atoms. The van der Waals surface area contributed by atoms with Crippen LogP contribution in [0.15, 0.2) is 24.3 Å². The van der Waals surface area contributed by atoms with Crippen LogP contribution in [0.25, 0.3) is 5.69 Å². The molecule has 1 heterocycles. The van der Waals surface area contributed by atoms with E-state index in [4.69, 9.17) is 0 Å². The monoisotopic (exact) mass is 258 g/mol.